The Labute approximate surface area is 148 Å². The molecule has 2 N–H and O–H groups in total. The van der Waals surface area contributed by atoms with E-state index in [1.807, 2.05) is 0 Å². The molecule has 2 aromatic rings. The standard InChI is InChI=1S/C20H24N4O/c25-10-9-21-20-22-17(13-5-6-13)11-19(23-20)24-12-14-7-8-18(24)16-4-2-1-3-15(14)16/h1-4,11,13-14,18,25H,5-10,12H2,(H,21,22,23)/t14-,18+/m1/s1. The van der Waals surface area contributed by atoms with Crippen molar-refractivity contribution in [2.45, 2.75) is 43.6 Å². The van der Waals surface area contributed by atoms with Gasteiger partial charge in [0.25, 0.3) is 0 Å². The molecule has 4 aliphatic rings. The van der Waals surface area contributed by atoms with Gasteiger partial charge in [-0.05, 0) is 36.8 Å². The molecule has 6 rings (SSSR count). The van der Waals surface area contributed by atoms with Crippen LogP contribution >= 0.6 is 0 Å². The molecule has 5 heteroatoms. The molecular weight excluding hydrogens is 312 g/mol. The molecule has 1 aromatic carbocycles. The summed E-state index contributed by atoms with van der Waals surface area (Å²) < 4.78 is 0. The zero-order valence-corrected chi connectivity index (χ0v) is 14.4. The molecule has 5 nitrogen and oxygen atoms in total. The van der Waals surface area contributed by atoms with Gasteiger partial charge < -0.3 is 15.3 Å². The molecule has 130 valence electrons. The molecule has 0 radical (unpaired) electrons. The maximum Gasteiger partial charge on any atom is 0.224 e. The van der Waals surface area contributed by atoms with E-state index in [-0.39, 0.29) is 6.61 Å². The van der Waals surface area contributed by atoms with Crippen molar-refractivity contribution in [2.24, 2.45) is 0 Å². The van der Waals surface area contributed by atoms with Crippen LogP contribution in [0.3, 0.4) is 0 Å². The Morgan fingerprint density at radius 3 is 2.64 bits per heavy atom. The Bertz CT molecular complexity index is 789. The van der Waals surface area contributed by atoms with E-state index in [0.717, 1.165) is 18.1 Å². The molecule has 3 heterocycles. The maximum atomic E-state index is 9.10. The topological polar surface area (TPSA) is 61.3 Å². The van der Waals surface area contributed by atoms with E-state index < -0.39 is 0 Å². The molecule has 2 fully saturated rings. The Morgan fingerprint density at radius 2 is 1.84 bits per heavy atom. The number of fused-ring (bicyclic) bond motifs is 2. The van der Waals surface area contributed by atoms with Crippen LogP contribution in [0.5, 0.6) is 0 Å². The first-order valence-corrected chi connectivity index (χ1v) is 9.42. The normalized spacial score (nSPS) is 24.3. The lowest BCUT2D eigenvalue weighted by Crippen LogP contribution is -2.43. The van der Waals surface area contributed by atoms with Gasteiger partial charge in [-0.1, -0.05) is 24.3 Å². The van der Waals surface area contributed by atoms with E-state index in [4.69, 9.17) is 10.1 Å². The molecule has 25 heavy (non-hydrogen) atoms. The van der Waals surface area contributed by atoms with Gasteiger partial charge >= 0.3 is 0 Å². The largest absolute Gasteiger partial charge is 0.395 e. The molecule has 1 saturated heterocycles. The molecule has 0 unspecified atom stereocenters. The van der Waals surface area contributed by atoms with Gasteiger partial charge in [0.1, 0.15) is 5.82 Å². The number of rotatable bonds is 5. The van der Waals surface area contributed by atoms with Crippen LogP contribution < -0.4 is 10.2 Å². The lowest BCUT2D eigenvalue weighted by Gasteiger charge is -2.47. The van der Waals surface area contributed by atoms with Gasteiger partial charge in [-0.3, -0.25) is 0 Å². The predicted molar refractivity (Wildman–Crippen MR) is 98.1 cm³/mol. The SMILES string of the molecule is OCCNc1nc(C2CC2)cc(N2C[C@H]3CC[C@H]2c2ccccc23)n1. The first kappa shape index (κ1) is 15.1. The van der Waals surface area contributed by atoms with Crippen LogP contribution in [-0.4, -0.2) is 34.8 Å². The number of anilines is 2. The number of aliphatic hydroxyl groups excluding tert-OH is 1. The van der Waals surface area contributed by atoms with E-state index in [1.165, 1.54) is 36.8 Å². The molecule has 2 bridgehead atoms. The molecule has 2 atom stereocenters. The highest BCUT2D eigenvalue weighted by Crippen LogP contribution is 2.48. The summed E-state index contributed by atoms with van der Waals surface area (Å²) in [5.74, 6) is 2.89. The van der Waals surface area contributed by atoms with Gasteiger partial charge in [0.05, 0.1) is 18.3 Å². The third-order valence-electron chi connectivity index (χ3n) is 5.79. The average molecular weight is 336 g/mol. The van der Waals surface area contributed by atoms with Crippen molar-refractivity contribution in [3.8, 4) is 0 Å². The summed E-state index contributed by atoms with van der Waals surface area (Å²) >= 11 is 0. The first-order chi connectivity index (χ1) is 12.3. The predicted octanol–water partition coefficient (Wildman–Crippen LogP) is 3.20. The zero-order chi connectivity index (χ0) is 16.8. The summed E-state index contributed by atoms with van der Waals surface area (Å²) in [4.78, 5) is 11.9. The summed E-state index contributed by atoms with van der Waals surface area (Å²) in [7, 11) is 0. The minimum atomic E-state index is 0.0914. The van der Waals surface area contributed by atoms with Crippen molar-refractivity contribution in [3.63, 3.8) is 0 Å². The maximum absolute atomic E-state index is 9.10. The molecule has 2 aliphatic carbocycles. The quantitative estimate of drug-likeness (QED) is 0.878. The lowest BCUT2D eigenvalue weighted by atomic mass is 9.75. The van der Waals surface area contributed by atoms with Crippen molar-refractivity contribution in [3.05, 3.63) is 47.2 Å². The zero-order valence-electron chi connectivity index (χ0n) is 14.4. The number of benzene rings is 1. The second-order valence-corrected chi connectivity index (χ2v) is 7.47. The van der Waals surface area contributed by atoms with Gasteiger partial charge in [-0.25, -0.2) is 4.98 Å². The van der Waals surface area contributed by atoms with E-state index >= 15 is 0 Å². The van der Waals surface area contributed by atoms with E-state index in [0.29, 0.717) is 30.4 Å². The number of aliphatic hydroxyl groups is 1. The summed E-state index contributed by atoms with van der Waals surface area (Å²) in [5, 5.41) is 12.3. The molecule has 0 amide bonds. The molecule has 0 spiro atoms. The highest BCUT2D eigenvalue weighted by atomic mass is 16.3. The molecule has 1 aromatic heterocycles. The van der Waals surface area contributed by atoms with E-state index in [1.54, 1.807) is 0 Å². The van der Waals surface area contributed by atoms with Crippen molar-refractivity contribution < 1.29 is 5.11 Å². The lowest BCUT2D eigenvalue weighted by molar-refractivity contribution is 0.310. The fraction of sp³-hybridized carbons (Fsp3) is 0.500. The van der Waals surface area contributed by atoms with Crippen molar-refractivity contribution in [1.29, 1.82) is 0 Å². The van der Waals surface area contributed by atoms with Crippen molar-refractivity contribution in [1.82, 2.24) is 9.97 Å². The van der Waals surface area contributed by atoms with Crippen LogP contribution in [0.4, 0.5) is 11.8 Å². The highest BCUT2D eigenvalue weighted by Gasteiger charge is 2.39. The molecular formula is C20H24N4O. The molecule has 2 aliphatic heterocycles. The van der Waals surface area contributed by atoms with Crippen LogP contribution in [0.15, 0.2) is 30.3 Å². The number of nitrogens with zero attached hydrogens (tertiary/aromatic N) is 3. The fourth-order valence-corrected chi connectivity index (χ4v) is 4.42. The smallest absolute Gasteiger partial charge is 0.224 e. The van der Waals surface area contributed by atoms with Gasteiger partial charge in [0, 0.05) is 31.0 Å². The van der Waals surface area contributed by atoms with Crippen LogP contribution in [0.1, 0.15) is 60.4 Å². The van der Waals surface area contributed by atoms with Gasteiger partial charge in [0.2, 0.25) is 5.95 Å². The second kappa shape index (κ2) is 5.99. The minimum Gasteiger partial charge on any atom is -0.395 e. The van der Waals surface area contributed by atoms with Crippen LogP contribution in [0, 0.1) is 0 Å². The third kappa shape index (κ3) is 2.67. The van der Waals surface area contributed by atoms with Gasteiger partial charge in [-0.2, -0.15) is 4.98 Å². The monoisotopic (exact) mass is 336 g/mol. The number of hydrogen-bond donors (Lipinski definition) is 2. The van der Waals surface area contributed by atoms with Crippen molar-refractivity contribution >= 4 is 11.8 Å². The number of piperidine rings is 1. The van der Waals surface area contributed by atoms with E-state index in [2.05, 4.69) is 45.5 Å². The number of hydrogen-bond acceptors (Lipinski definition) is 5. The van der Waals surface area contributed by atoms with Crippen LogP contribution in [0.25, 0.3) is 0 Å². The van der Waals surface area contributed by atoms with Crippen LogP contribution in [0.2, 0.25) is 0 Å². The summed E-state index contributed by atoms with van der Waals surface area (Å²) in [6.45, 7) is 1.62. The van der Waals surface area contributed by atoms with Gasteiger partial charge in [0.15, 0.2) is 0 Å². The summed E-state index contributed by atoms with van der Waals surface area (Å²) in [5.41, 5.74) is 4.16. The Balaban J connectivity index is 1.52. The number of aromatic nitrogens is 2. The average Bonchev–Trinajstić information content (AvgIpc) is 3.52. The third-order valence-corrected chi connectivity index (χ3v) is 5.79. The second-order valence-electron chi connectivity index (χ2n) is 7.47. The Hall–Kier alpha value is -2.14. The van der Waals surface area contributed by atoms with Gasteiger partial charge in [-0.15, -0.1) is 0 Å². The van der Waals surface area contributed by atoms with Crippen molar-refractivity contribution in [2.75, 3.05) is 29.9 Å². The van der Waals surface area contributed by atoms with E-state index in [9.17, 15) is 0 Å². The summed E-state index contributed by atoms with van der Waals surface area (Å²) in [6.07, 6.45) is 4.92. The Morgan fingerprint density at radius 1 is 1.04 bits per heavy atom. The molecule has 1 saturated carbocycles. The van der Waals surface area contributed by atoms with Crippen LogP contribution in [-0.2, 0) is 0 Å². The highest BCUT2D eigenvalue weighted by molar-refractivity contribution is 5.53. The number of nitrogens with one attached hydrogen (secondary N) is 1. The first-order valence-electron chi connectivity index (χ1n) is 9.42. The fourth-order valence-electron chi connectivity index (χ4n) is 4.42. The minimum absolute atomic E-state index is 0.0914. The summed E-state index contributed by atoms with van der Waals surface area (Å²) in [6, 6.07) is 11.5. The Kier molecular flexibility index (Phi) is 3.63.